The molecule has 1 aliphatic heterocycles. The van der Waals surface area contributed by atoms with Gasteiger partial charge in [0, 0.05) is 6.42 Å². The number of benzene rings is 2. The summed E-state index contributed by atoms with van der Waals surface area (Å²) in [4.78, 5) is 38.4. The highest BCUT2D eigenvalue weighted by atomic mass is 35.5. The molecular weight excluding hydrogens is 443 g/mol. The topological polar surface area (TPSA) is 54.5 Å². The number of carbonyl (C=O) groups is 3. The molecule has 1 aliphatic rings. The van der Waals surface area contributed by atoms with E-state index in [9.17, 15) is 14.4 Å². The van der Waals surface area contributed by atoms with Crippen LogP contribution in [0.3, 0.4) is 0 Å². The lowest BCUT2D eigenvalue weighted by Gasteiger charge is -2.23. The predicted molar refractivity (Wildman–Crippen MR) is 102 cm³/mol. The third kappa shape index (κ3) is 3.10. The van der Waals surface area contributed by atoms with Gasteiger partial charge >= 0.3 is 0 Å². The summed E-state index contributed by atoms with van der Waals surface area (Å²) in [6.07, 6.45) is 0.0470. The van der Waals surface area contributed by atoms with E-state index in [0.717, 1.165) is 10.5 Å². The molecule has 1 atom stereocenters. The average molecular weight is 452 g/mol. The molecule has 2 amide bonds. The molecule has 0 bridgehead atoms. The first-order valence-corrected chi connectivity index (χ1v) is 9.11. The van der Waals surface area contributed by atoms with Crippen molar-refractivity contribution in [2.45, 2.75) is 12.5 Å². The largest absolute Gasteiger partial charge is 0.279 e. The van der Waals surface area contributed by atoms with Crippen LogP contribution < -0.4 is 0 Å². The Morgan fingerprint density at radius 3 is 1.73 bits per heavy atom. The average Bonchev–Trinajstić information content (AvgIpc) is 2.87. The maximum Gasteiger partial charge on any atom is 0.263 e. The Hall–Kier alpha value is -1.30. The highest BCUT2D eigenvalue weighted by Crippen LogP contribution is 2.45. The molecule has 0 unspecified atom stereocenters. The summed E-state index contributed by atoms with van der Waals surface area (Å²) < 4.78 is 0. The number of carbonyl (C=O) groups excluding carboxylic acids is 3. The molecule has 4 nitrogen and oxygen atoms in total. The van der Waals surface area contributed by atoms with Gasteiger partial charge in [-0.3, -0.25) is 19.3 Å². The van der Waals surface area contributed by atoms with Crippen LogP contribution in [0.15, 0.2) is 30.3 Å². The number of hydrogen-bond acceptors (Lipinski definition) is 3. The van der Waals surface area contributed by atoms with Gasteiger partial charge in [0.2, 0.25) is 5.24 Å². The minimum atomic E-state index is -1.23. The van der Waals surface area contributed by atoms with Crippen molar-refractivity contribution in [1.82, 2.24) is 4.90 Å². The normalized spacial score (nSPS) is 14.6. The van der Waals surface area contributed by atoms with Crippen LogP contribution >= 0.6 is 58.0 Å². The summed E-state index contributed by atoms with van der Waals surface area (Å²) in [5.74, 6) is -1.60. The zero-order valence-corrected chi connectivity index (χ0v) is 16.5. The number of fused-ring (bicyclic) bond motifs is 1. The van der Waals surface area contributed by atoms with E-state index in [1.807, 2.05) is 0 Å². The fourth-order valence-corrected chi connectivity index (χ4v) is 3.95. The van der Waals surface area contributed by atoms with Gasteiger partial charge in [-0.15, -0.1) is 0 Å². The van der Waals surface area contributed by atoms with E-state index in [2.05, 4.69) is 0 Å². The monoisotopic (exact) mass is 449 g/mol. The molecule has 1 heterocycles. The fraction of sp³-hybridized carbons (Fsp3) is 0.118. The van der Waals surface area contributed by atoms with E-state index < -0.39 is 23.1 Å². The molecule has 3 rings (SSSR count). The molecule has 0 spiro atoms. The van der Waals surface area contributed by atoms with Crippen LogP contribution in [0, 0.1) is 0 Å². The van der Waals surface area contributed by atoms with Crippen molar-refractivity contribution in [1.29, 1.82) is 0 Å². The van der Waals surface area contributed by atoms with E-state index in [-0.39, 0.29) is 37.6 Å². The SMILES string of the molecule is O=C(Cl)[C@H](Cc1ccccc1)N1C(=O)c2c(Cl)c(Cl)c(Cl)c(Cl)c2C1=O. The number of imide groups is 1. The predicted octanol–water partition coefficient (Wildman–Crippen LogP) is 5.27. The lowest BCUT2D eigenvalue weighted by atomic mass is 10.1. The van der Waals surface area contributed by atoms with Crippen molar-refractivity contribution in [2.24, 2.45) is 0 Å². The molecule has 0 saturated carbocycles. The van der Waals surface area contributed by atoms with Crippen molar-refractivity contribution in [3.8, 4) is 0 Å². The first kappa shape index (κ1) is 19.5. The minimum Gasteiger partial charge on any atom is -0.279 e. The summed E-state index contributed by atoms with van der Waals surface area (Å²) in [5.41, 5.74) is 0.343. The quantitative estimate of drug-likeness (QED) is 0.275. The zero-order valence-electron chi connectivity index (χ0n) is 12.7. The molecule has 0 fully saturated rings. The second-order valence-electron chi connectivity index (χ2n) is 5.50. The number of nitrogens with zero attached hydrogens (tertiary/aromatic N) is 1. The second-order valence-corrected chi connectivity index (χ2v) is 7.38. The lowest BCUT2D eigenvalue weighted by molar-refractivity contribution is -0.115. The van der Waals surface area contributed by atoms with Crippen molar-refractivity contribution in [3.63, 3.8) is 0 Å². The summed E-state index contributed by atoms with van der Waals surface area (Å²) in [6.45, 7) is 0. The van der Waals surface area contributed by atoms with Gasteiger partial charge in [0.1, 0.15) is 6.04 Å². The van der Waals surface area contributed by atoms with Gasteiger partial charge < -0.3 is 0 Å². The zero-order chi connectivity index (χ0) is 19.2. The summed E-state index contributed by atoms with van der Waals surface area (Å²) >= 11 is 29.8. The highest BCUT2D eigenvalue weighted by molar-refractivity contribution is 6.65. The maximum atomic E-state index is 12.8. The molecule has 2 aromatic rings. The van der Waals surface area contributed by atoms with Crippen LogP contribution in [0.5, 0.6) is 0 Å². The van der Waals surface area contributed by atoms with Gasteiger partial charge in [-0.05, 0) is 17.2 Å². The van der Waals surface area contributed by atoms with Crippen LogP contribution in [-0.4, -0.2) is 28.0 Å². The smallest absolute Gasteiger partial charge is 0.263 e. The standard InChI is InChI=1S/C17H8Cl5NO3/c18-11-9-10(12(19)14(21)13(11)20)17(26)23(16(9)25)8(15(22)24)6-7-4-2-1-3-5-7/h1-5,8H,6H2/t8-/m0/s1. The Balaban J connectivity index is 2.10. The first-order chi connectivity index (χ1) is 12.3. The summed E-state index contributed by atoms with van der Waals surface area (Å²) in [6, 6.07) is 7.60. The highest BCUT2D eigenvalue weighted by Gasteiger charge is 2.46. The van der Waals surface area contributed by atoms with Crippen LogP contribution in [0.1, 0.15) is 26.3 Å². The second kappa shape index (κ2) is 7.37. The Bertz CT molecular complexity index is 898. The van der Waals surface area contributed by atoms with E-state index in [4.69, 9.17) is 58.0 Å². The van der Waals surface area contributed by atoms with Crippen LogP contribution in [-0.2, 0) is 11.2 Å². The molecule has 2 aromatic carbocycles. The number of halogens is 5. The van der Waals surface area contributed by atoms with E-state index in [1.54, 1.807) is 30.3 Å². The molecular formula is C17H8Cl5NO3. The van der Waals surface area contributed by atoms with Crippen molar-refractivity contribution in [2.75, 3.05) is 0 Å². The molecule has 9 heteroatoms. The summed E-state index contributed by atoms with van der Waals surface area (Å²) in [5, 5.41) is -1.55. The number of hydrogen-bond donors (Lipinski definition) is 0. The minimum absolute atomic E-state index is 0.0470. The summed E-state index contributed by atoms with van der Waals surface area (Å²) in [7, 11) is 0. The Labute approximate surface area is 173 Å². The van der Waals surface area contributed by atoms with Gasteiger partial charge in [0.25, 0.3) is 11.8 Å². The van der Waals surface area contributed by atoms with E-state index in [1.165, 1.54) is 0 Å². The van der Waals surface area contributed by atoms with Gasteiger partial charge in [0.05, 0.1) is 31.2 Å². The molecule has 0 aromatic heterocycles. The molecule has 134 valence electrons. The fourth-order valence-electron chi connectivity index (χ4n) is 2.76. The molecule has 0 aliphatic carbocycles. The number of amides is 2. The molecule has 0 N–H and O–H groups in total. The van der Waals surface area contributed by atoms with Crippen LogP contribution in [0.25, 0.3) is 0 Å². The van der Waals surface area contributed by atoms with Crippen molar-refractivity contribution < 1.29 is 14.4 Å². The molecule has 0 saturated heterocycles. The molecule has 0 radical (unpaired) electrons. The third-order valence-electron chi connectivity index (χ3n) is 3.98. The first-order valence-electron chi connectivity index (χ1n) is 7.22. The lowest BCUT2D eigenvalue weighted by Crippen LogP contribution is -2.44. The molecule has 26 heavy (non-hydrogen) atoms. The number of rotatable bonds is 4. The van der Waals surface area contributed by atoms with Crippen LogP contribution in [0.4, 0.5) is 0 Å². The van der Waals surface area contributed by atoms with Crippen LogP contribution in [0.2, 0.25) is 20.1 Å². The van der Waals surface area contributed by atoms with E-state index >= 15 is 0 Å². The Kier molecular flexibility index (Phi) is 5.52. The Morgan fingerprint density at radius 2 is 1.31 bits per heavy atom. The van der Waals surface area contributed by atoms with Gasteiger partial charge in [-0.1, -0.05) is 76.7 Å². The Morgan fingerprint density at radius 1 is 0.846 bits per heavy atom. The van der Waals surface area contributed by atoms with E-state index in [0.29, 0.717) is 0 Å². The van der Waals surface area contributed by atoms with Gasteiger partial charge in [-0.25, -0.2) is 0 Å². The van der Waals surface area contributed by atoms with Gasteiger partial charge in [0.15, 0.2) is 0 Å². The van der Waals surface area contributed by atoms with Crippen molar-refractivity contribution >= 4 is 75.1 Å². The van der Waals surface area contributed by atoms with Gasteiger partial charge in [-0.2, -0.15) is 0 Å². The van der Waals surface area contributed by atoms with Crippen molar-refractivity contribution in [3.05, 3.63) is 67.1 Å². The third-order valence-corrected chi connectivity index (χ3v) is 6.03. The maximum absolute atomic E-state index is 12.8.